The van der Waals surface area contributed by atoms with Gasteiger partial charge >= 0.3 is 5.69 Å². The number of ether oxygens (including phenoxy) is 1. The molecule has 0 saturated carbocycles. The first-order valence-corrected chi connectivity index (χ1v) is 13.9. The molecule has 3 aromatic heterocycles. The van der Waals surface area contributed by atoms with Crippen LogP contribution in [0.25, 0.3) is 11.4 Å². The molecule has 12 nitrogen and oxygen atoms in total. The van der Waals surface area contributed by atoms with Crippen molar-refractivity contribution < 1.29 is 9.53 Å². The SMILES string of the molecule is CC1COCCN1c1nc(-c2ccc(Nc3cc(=O)n(C)c(=O)[nH]3)cc2)nc2c1CCN(C(=O)c1nccs1)C2. The number of amides is 1. The molecule has 2 aliphatic rings. The predicted octanol–water partition coefficient (Wildman–Crippen LogP) is 2.15. The van der Waals surface area contributed by atoms with Crippen molar-refractivity contribution in [3.8, 4) is 11.4 Å². The lowest BCUT2D eigenvalue weighted by Gasteiger charge is -2.37. The number of aromatic amines is 1. The molecule has 13 heteroatoms. The van der Waals surface area contributed by atoms with Crippen molar-refractivity contribution in [1.29, 1.82) is 0 Å². The Morgan fingerprint density at radius 1 is 1.18 bits per heavy atom. The Morgan fingerprint density at radius 2 is 2.00 bits per heavy atom. The molecular weight excluding hydrogens is 532 g/mol. The summed E-state index contributed by atoms with van der Waals surface area (Å²) < 4.78 is 6.67. The van der Waals surface area contributed by atoms with Crippen LogP contribution in [0.2, 0.25) is 0 Å². The standard InChI is InChI=1S/C27H28N8O4S/c1-16-15-39-11-10-35(16)24-19-7-9-34(26(37)25-28-8-12-40-25)14-20(19)30-23(32-24)17-3-5-18(6-4-17)29-21-13-22(36)33(2)27(38)31-21/h3-6,8,12-13,16,29H,7,9-11,14-15H2,1-2H3,(H,31,38). The minimum atomic E-state index is -0.499. The Hall–Kier alpha value is -4.36. The van der Waals surface area contributed by atoms with E-state index in [2.05, 4.69) is 27.1 Å². The van der Waals surface area contributed by atoms with E-state index < -0.39 is 11.2 Å². The van der Waals surface area contributed by atoms with Crippen molar-refractivity contribution in [3.05, 3.63) is 79.0 Å². The van der Waals surface area contributed by atoms with Crippen molar-refractivity contribution in [2.24, 2.45) is 7.05 Å². The molecule has 1 amide bonds. The molecule has 0 aliphatic carbocycles. The summed E-state index contributed by atoms with van der Waals surface area (Å²) in [6, 6.07) is 8.93. The molecule has 1 saturated heterocycles. The van der Waals surface area contributed by atoms with Gasteiger partial charge < -0.3 is 19.9 Å². The molecule has 40 heavy (non-hydrogen) atoms. The van der Waals surface area contributed by atoms with Crippen molar-refractivity contribution in [2.45, 2.75) is 25.9 Å². The zero-order valence-corrected chi connectivity index (χ0v) is 22.9. The molecule has 1 fully saturated rings. The smallest absolute Gasteiger partial charge is 0.329 e. The molecule has 1 unspecified atom stereocenters. The number of hydrogen-bond acceptors (Lipinski definition) is 10. The number of anilines is 3. The number of nitrogens with one attached hydrogen (secondary N) is 2. The third kappa shape index (κ3) is 5.00. The monoisotopic (exact) mass is 560 g/mol. The first-order chi connectivity index (χ1) is 19.4. The lowest BCUT2D eigenvalue weighted by atomic mass is 10.0. The van der Waals surface area contributed by atoms with E-state index in [0.29, 0.717) is 55.1 Å². The molecule has 6 rings (SSSR count). The first kappa shape index (κ1) is 25.9. The van der Waals surface area contributed by atoms with E-state index in [9.17, 15) is 14.4 Å². The van der Waals surface area contributed by atoms with Gasteiger partial charge in [-0.25, -0.2) is 19.7 Å². The summed E-state index contributed by atoms with van der Waals surface area (Å²) in [6.07, 6.45) is 2.30. The van der Waals surface area contributed by atoms with Crippen LogP contribution in [0.15, 0.2) is 51.5 Å². The van der Waals surface area contributed by atoms with Crippen molar-refractivity contribution >= 4 is 34.6 Å². The molecule has 5 heterocycles. The highest BCUT2D eigenvalue weighted by Gasteiger charge is 2.31. The topological polar surface area (TPSA) is 138 Å². The maximum absolute atomic E-state index is 13.1. The van der Waals surface area contributed by atoms with Crippen LogP contribution >= 0.6 is 11.3 Å². The number of morpholine rings is 1. The van der Waals surface area contributed by atoms with Gasteiger partial charge in [-0.1, -0.05) is 0 Å². The number of hydrogen-bond donors (Lipinski definition) is 2. The van der Waals surface area contributed by atoms with Crippen LogP contribution in [0.1, 0.15) is 28.0 Å². The van der Waals surface area contributed by atoms with Gasteiger partial charge in [0.15, 0.2) is 10.8 Å². The summed E-state index contributed by atoms with van der Waals surface area (Å²) in [5, 5.41) is 5.34. The van der Waals surface area contributed by atoms with Crippen LogP contribution in [-0.4, -0.2) is 67.7 Å². The number of carbonyl (C=O) groups is 1. The number of fused-ring (bicyclic) bond motifs is 1. The first-order valence-electron chi connectivity index (χ1n) is 13.0. The molecule has 0 bridgehead atoms. The van der Waals surface area contributed by atoms with Gasteiger partial charge in [-0.05, 0) is 37.6 Å². The minimum absolute atomic E-state index is 0.0914. The van der Waals surface area contributed by atoms with E-state index in [1.165, 1.54) is 24.5 Å². The van der Waals surface area contributed by atoms with Crippen LogP contribution in [0.5, 0.6) is 0 Å². The second kappa shape index (κ2) is 10.7. The third-order valence-electron chi connectivity index (χ3n) is 7.15. The van der Waals surface area contributed by atoms with Gasteiger partial charge in [0.25, 0.3) is 11.5 Å². The Bertz CT molecular complexity index is 1630. The Morgan fingerprint density at radius 3 is 2.73 bits per heavy atom. The van der Waals surface area contributed by atoms with Crippen LogP contribution in [-0.2, 0) is 24.8 Å². The Balaban J connectivity index is 1.33. The van der Waals surface area contributed by atoms with Gasteiger partial charge in [-0.15, -0.1) is 11.3 Å². The summed E-state index contributed by atoms with van der Waals surface area (Å²) in [6.45, 7) is 5.04. The maximum Gasteiger partial charge on any atom is 0.329 e. The van der Waals surface area contributed by atoms with Crippen molar-refractivity contribution in [1.82, 2.24) is 29.4 Å². The number of rotatable bonds is 5. The number of H-pyrrole nitrogens is 1. The highest BCUT2D eigenvalue weighted by atomic mass is 32.1. The zero-order chi connectivity index (χ0) is 27.8. The predicted molar refractivity (Wildman–Crippen MR) is 151 cm³/mol. The average molecular weight is 561 g/mol. The zero-order valence-electron chi connectivity index (χ0n) is 22.1. The second-order valence-corrected chi connectivity index (χ2v) is 10.7. The van der Waals surface area contributed by atoms with Crippen molar-refractivity contribution in [2.75, 3.05) is 36.5 Å². The number of benzene rings is 1. The lowest BCUT2D eigenvalue weighted by Crippen LogP contribution is -2.45. The quantitative estimate of drug-likeness (QED) is 0.376. The molecule has 1 aromatic carbocycles. The van der Waals surface area contributed by atoms with Crippen LogP contribution in [0, 0.1) is 0 Å². The molecule has 2 aliphatic heterocycles. The normalized spacial score (nSPS) is 17.0. The van der Waals surface area contributed by atoms with E-state index in [4.69, 9.17) is 14.7 Å². The number of thiazole rings is 1. The van der Waals surface area contributed by atoms with Gasteiger partial charge in [0.05, 0.1) is 31.5 Å². The molecule has 206 valence electrons. The second-order valence-electron chi connectivity index (χ2n) is 9.82. The molecule has 1 atom stereocenters. The molecule has 4 aromatic rings. The van der Waals surface area contributed by atoms with E-state index >= 15 is 0 Å². The Kier molecular flexibility index (Phi) is 6.90. The highest BCUT2D eigenvalue weighted by Crippen LogP contribution is 2.32. The van der Waals surface area contributed by atoms with Gasteiger partial charge in [-0.2, -0.15) is 0 Å². The van der Waals surface area contributed by atoms with Crippen LogP contribution in [0.4, 0.5) is 17.3 Å². The van der Waals surface area contributed by atoms with E-state index in [-0.39, 0.29) is 11.9 Å². The van der Waals surface area contributed by atoms with Crippen LogP contribution in [0.3, 0.4) is 0 Å². The minimum Gasteiger partial charge on any atom is -0.377 e. The average Bonchev–Trinajstić information content (AvgIpc) is 3.50. The molecule has 0 spiro atoms. The summed E-state index contributed by atoms with van der Waals surface area (Å²) in [7, 11) is 1.42. The number of aromatic nitrogens is 5. The van der Waals surface area contributed by atoms with Crippen molar-refractivity contribution in [3.63, 3.8) is 0 Å². The highest BCUT2D eigenvalue weighted by molar-refractivity contribution is 7.11. The lowest BCUT2D eigenvalue weighted by molar-refractivity contribution is 0.0731. The number of nitrogens with zero attached hydrogens (tertiary/aromatic N) is 6. The molecular formula is C27H28N8O4S. The molecule has 0 radical (unpaired) electrons. The van der Waals surface area contributed by atoms with E-state index in [1.807, 2.05) is 24.3 Å². The fourth-order valence-electron chi connectivity index (χ4n) is 4.94. The van der Waals surface area contributed by atoms with E-state index in [1.54, 1.807) is 16.5 Å². The fourth-order valence-corrected chi connectivity index (χ4v) is 5.54. The van der Waals surface area contributed by atoms with Gasteiger partial charge in [0.2, 0.25) is 0 Å². The van der Waals surface area contributed by atoms with Crippen LogP contribution < -0.4 is 21.5 Å². The molecule has 2 N–H and O–H groups in total. The summed E-state index contributed by atoms with van der Waals surface area (Å²) in [5.41, 5.74) is 2.48. The maximum atomic E-state index is 13.1. The number of carbonyl (C=O) groups excluding carboxylic acids is 1. The summed E-state index contributed by atoms with van der Waals surface area (Å²) >= 11 is 1.33. The summed E-state index contributed by atoms with van der Waals surface area (Å²) in [5.74, 6) is 1.66. The third-order valence-corrected chi connectivity index (χ3v) is 7.91. The van der Waals surface area contributed by atoms with E-state index in [0.717, 1.165) is 33.8 Å². The summed E-state index contributed by atoms with van der Waals surface area (Å²) in [4.78, 5) is 57.8. The Labute approximate surface area is 233 Å². The largest absolute Gasteiger partial charge is 0.377 e. The fraction of sp³-hybridized carbons (Fsp3) is 0.333. The van der Waals surface area contributed by atoms with Gasteiger partial charge in [0.1, 0.15) is 11.6 Å². The van der Waals surface area contributed by atoms with Gasteiger partial charge in [0, 0.05) is 54.6 Å². The van der Waals surface area contributed by atoms with Gasteiger partial charge in [-0.3, -0.25) is 19.1 Å².